The fourth-order valence-electron chi connectivity index (χ4n) is 2.29. The molecule has 0 atom stereocenters. The maximum absolute atomic E-state index is 12.1. The first-order chi connectivity index (χ1) is 13.0. The highest BCUT2D eigenvalue weighted by Crippen LogP contribution is 2.22. The molecule has 1 amide bonds. The number of hydrogen-bond acceptors (Lipinski definition) is 6. The first-order valence-corrected chi connectivity index (χ1v) is 9.98. The van der Waals surface area contributed by atoms with Crippen molar-refractivity contribution in [1.29, 1.82) is 0 Å². The van der Waals surface area contributed by atoms with Crippen molar-refractivity contribution in [3.05, 3.63) is 64.0 Å². The third-order valence-corrected chi connectivity index (χ3v) is 4.90. The summed E-state index contributed by atoms with van der Waals surface area (Å²) in [5.74, 6) is 1.14. The molecule has 0 unspecified atom stereocenters. The summed E-state index contributed by atoms with van der Waals surface area (Å²) < 4.78 is 12.1. The van der Waals surface area contributed by atoms with Gasteiger partial charge < -0.3 is 14.5 Å². The average Bonchev–Trinajstić information content (AvgIpc) is 3.09. The van der Waals surface area contributed by atoms with Crippen molar-refractivity contribution < 1.29 is 13.9 Å². The normalized spacial score (nSPS) is 10.6. The fourth-order valence-corrected chi connectivity index (χ4v) is 3.34. The van der Waals surface area contributed by atoms with Crippen molar-refractivity contribution in [2.24, 2.45) is 0 Å². The van der Waals surface area contributed by atoms with Crippen molar-refractivity contribution in [2.45, 2.75) is 25.7 Å². The number of aromatic nitrogens is 2. The van der Waals surface area contributed by atoms with Crippen LogP contribution < -0.4 is 10.1 Å². The van der Waals surface area contributed by atoms with E-state index >= 15 is 0 Å². The van der Waals surface area contributed by atoms with Crippen LogP contribution in [0.1, 0.15) is 17.0 Å². The molecule has 3 aromatic rings. The molecule has 0 spiro atoms. The second-order valence-corrected chi connectivity index (χ2v) is 7.71. The number of hydrogen-bond donors (Lipinski definition) is 1. The number of nitrogens with one attached hydrogen (secondary N) is 1. The van der Waals surface area contributed by atoms with Gasteiger partial charge in [-0.3, -0.25) is 4.79 Å². The molecule has 0 saturated heterocycles. The number of nitrogens with zero attached hydrogens (tertiary/aromatic N) is 2. The van der Waals surface area contributed by atoms with E-state index in [1.165, 1.54) is 11.8 Å². The standard InChI is InChI=1S/C19H18BrN3O3S/c1-12-4-3-5-15(8-12)25-10-18-22-23-19(26-18)27-11-17(24)21-16-7-6-14(20)9-13(16)2/h3-9H,10-11H2,1-2H3,(H,21,24). The van der Waals surface area contributed by atoms with E-state index in [2.05, 4.69) is 31.4 Å². The van der Waals surface area contributed by atoms with Gasteiger partial charge >= 0.3 is 0 Å². The minimum atomic E-state index is -0.138. The Kier molecular flexibility index (Phi) is 6.52. The summed E-state index contributed by atoms with van der Waals surface area (Å²) >= 11 is 4.59. The van der Waals surface area contributed by atoms with Crippen LogP contribution in [0.25, 0.3) is 0 Å². The number of anilines is 1. The summed E-state index contributed by atoms with van der Waals surface area (Å²) in [6.07, 6.45) is 0. The van der Waals surface area contributed by atoms with E-state index in [1.54, 1.807) is 0 Å². The van der Waals surface area contributed by atoms with Crippen LogP contribution in [0, 0.1) is 13.8 Å². The number of thioether (sulfide) groups is 1. The molecule has 8 heteroatoms. The van der Waals surface area contributed by atoms with Gasteiger partial charge in [0, 0.05) is 10.2 Å². The SMILES string of the molecule is Cc1cccc(OCc2nnc(SCC(=O)Nc3ccc(Br)cc3C)o2)c1. The third-order valence-electron chi connectivity index (χ3n) is 3.59. The van der Waals surface area contributed by atoms with Gasteiger partial charge in [0.25, 0.3) is 11.1 Å². The Morgan fingerprint density at radius 2 is 2.07 bits per heavy atom. The number of halogens is 1. The van der Waals surface area contributed by atoms with Crippen molar-refractivity contribution >= 4 is 39.3 Å². The average molecular weight is 448 g/mol. The molecule has 2 aromatic carbocycles. The molecular formula is C19H18BrN3O3S. The van der Waals surface area contributed by atoms with Crippen molar-refractivity contribution in [2.75, 3.05) is 11.1 Å². The largest absolute Gasteiger partial charge is 0.484 e. The van der Waals surface area contributed by atoms with Crippen LogP contribution in [0.5, 0.6) is 5.75 Å². The van der Waals surface area contributed by atoms with Crippen LogP contribution >= 0.6 is 27.7 Å². The van der Waals surface area contributed by atoms with E-state index in [0.717, 1.165) is 27.0 Å². The van der Waals surface area contributed by atoms with E-state index in [4.69, 9.17) is 9.15 Å². The van der Waals surface area contributed by atoms with Gasteiger partial charge in [-0.05, 0) is 55.3 Å². The first-order valence-electron chi connectivity index (χ1n) is 8.20. The quantitative estimate of drug-likeness (QED) is 0.526. The Morgan fingerprint density at radius 3 is 2.85 bits per heavy atom. The van der Waals surface area contributed by atoms with E-state index in [0.29, 0.717) is 11.1 Å². The first kappa shape index (κ1) is 19.4. The number of ether oxygens (including phenoxy) is 1. The molecule has 27 heavy (non-hydrogen) atoms. The predicted octanol–water partition coefficient (Wildman–Crippen LogP) is 4.76. The molecule has 0 bridgehead atoms. The summed E-state index contributed by atoms with van der Waals surface area (Å²) in [6.45, 7) is 4.11. The summed E-state index contributed by atoms with van der Waals surface area (Å²) in [6, 6.07) is 13.4. The second kappa shape index (κ2) is 9.05. The summed E-state index contributed by atoms with van der Waals surface area (Å²) in [5.41, 5.74) is 2.87. The lowest BCUT2D eigenvalue weighted by Gasteiger charge is -2.07. The van der Waals surface area contributed by atoms with Gasteiger partial charge in [-0.15, -0.1) is 10.2 Å². The Morgan fingerprint density at radius 1 is 1.22 bits per heavy atom. The van der Waals surface area contributed by atoms with Crippen molar-refractivity contribution in [1.82, 2.24) is 10.2 Å². The summed E-state index contributed by atoms with van der Waals surface area (Å²) in [4.78, 5) is 12.1. The minimum absolute atomic E-state index is 0.138. The summed E-state index contributed by atoms with van der Waals surface area (Å²) in [5, 5.41) is 11.1. The zero-order chi connectivity index (χ0) is 19.2. The monoisotopic (exact) mass is 447 g/mol. The zero-order valence-electron chi connectivity index (χ0n) is 14.9. The van der Waals surface area contributed by atoms with Crippen LogP contribution in [-0.4, -0.2) is 21.9 Å². The highest BCUT2D eigenvalue weighted by molar-refractivity contribution is 9.10. The smallest absolute Gasteiger partial charge is 0.277 e. The van der Waals surface area contributed by atoms with Crippen LogP contribution in [0.15, 0.2) is 56.6 Å². The van der Waals surface area contributed by atoms with Gasteiger partial charge in [0.05, 0.1) is 5.75 Å². The van der Waals surface area contributed by atoms with Gasteiger partial charge in [-0.25, -0.2) is 0 Å². The van der Waals surface area contributed by atoms with Gasteiger partial charge in [0.15, 0.2) is 6.61 Å². The molecular weight excluding hydrogens is 430 g/mol. The molecule has 3 rings (SSSR count). The lowest BCUT2D eigenvalue weighted by Crippen LogP contribution is -2.14. The Balaban J connectivity index is 1.48. The molecule has 1 heterocycles. The minimum Gasteiger partial charge on any atom is -0.484 e. The van der Waals surface area contributed by atoms with Crippen LogP contribution in [0.3, 0.4) is 0 Å². The Hall–Kier alpha value is -2.32. The maximum atomic E-state index is 12.1. The molecule has 0 fully saturated rings. The number of rotatable bonds is 7. The molecule has 0 saturated carbocycles. The van der Waals surface area contributed by atoms with E-state index < -0.39 is 0 Å². The number of benzene rings is 2. The highest BCUT2D eigenvalue weighted by Gasteiger charge is 2.11. The van der Waals surface area contributed by atoms with E-state index in [9.17, 15) is 4.79 Å². The van der Waals surface area contributed by atoms with E-state index in [-0.39, 0.29) is 18.3 Å². The fraction of sp³-hybridized carbons (Fsp3) is 0.211. The number of carbonyl (C=O) groups is 1. The zero-order valence-corrected chi connectivity index (χ0v) is 17.3. The van der Waals surface area contributed by atoms with Gasteiger partial charge in [0.1, 0.15) is 5.75 Å². The molecule has 0 aliphatic carbocycles. The van der Waals surface area contributed by atoms with Gasteiger partial charge in [0.2, 0.25) is 5.91 Å². The second-order valence-electron chi connectivity index (χ2n) is 5.86. The molecule has 1 N–H and O–H groups in total. The number of carbonyl (C=O) groups excluding carboxylic acids is 1. The molecule has 0 aliphatic heterocycles. The van der Waals surface area contributed by atoms with Crippen molar-refractivity contribution in [3.63, 3.8) is 0 Å². The van der Waals surface area contributed by atoms with Crippen LogP contribution in [0.2, 0.25) is 0 Å². The maximum Gasteiger partial charge on any atom is 0.277 e. The van der Waals surface area contributed by atoms with Crippen molar-refractivity contribution in [3.8, 4) is 5.75 Å². The lowest BCUT2D eigenvalue weighted by atomic mass is 10.2. The third kappa shape index (κ3) is 5.83. The van der Waals surface area contributed by atoms with Gasteiger partial charge in [-0.1, -0.05) is 39.8 Å². The van der Waals surface area contributed by atoms with Crippen LogP contribution in [0.4, 0.5) is 5.69 Å². The highest BCUT2D eigenvalue weighted by atomic mass is 79.9. The van der Waals surface area contributed by atoms with E-state index in [1.807, 2.05) is 56.3 Å². The predicted molar refractivity (Wildman–Crippen MR) is 108 cm³/mol. The Bertz CT molecular complexity index is 945. The number of aryl methyl sites for hydroxylation is 2. The molecule has 6 nitrogen and oxygen atoms in total. The Labute approximate surface area is 169 Å². The molecule has 140 valence electrons. The molecule has 0 radical (unpaired) electrons. The molecule has 1 aromatic heterocycles. The summed E-state index contributed by atoms with van der Waals surface area (Å²) in [7, 11) is 0. The topological polar surface area (TPSA) is 77.2 Å². The van der Waals surface area contributed by atoms with Gasteiger partial charge in [-0.2, -0.15) is 0 Å². The lowest BCUT2D eigenvalue weighted by molar-refractivity contribution is -0.113. The number of amides is 1. The van der Waals surface area contributed by atoms with Crippen LogP contribution in [-0.2, 0) is 11.4 Å². The molecule has 0 aliphatic rings.